The lowest BCUT2D eigenvalue weighted by Gasteiger charge is -2.27. The van der Waals surface area contributed by atoms with Gasteiger partial charge in [0.1, 0.15) is 6.29 Å². The number of halogens is 3. The molecule has 1 fully saturated rings. The number of benzene rings is 1. The van der Waals surface area contributed by atoms with E-state index in [1.54, 1.807) is 0 Å². The number of nitrogens with one attached hydrogen (secondary N) is 2. The highest BCUT2D eigenvalue weighted by Crippen LogP contribution is 2.38. The molecule has 2 atom stereocenters. The van der Waals surface area contributed by atoms with Crippen molar-refractivity contribution in [1.82, 2.24) is 14.9 Å². The summed E-state index contributed by atoms with van der Waals surface area (Å²) in [5, 5.41) is 2.92. The molecule has 3 rings (SSSR count). The van der Waals surface area contributed by atoms with Crippen LogP contribution in [-0.2, 0) is 21.8 Å². The number of rotatable bonds is 3. The molecule has 2 aromatic rings. The van der Waals surface area contributed by atoms with Crippen molar-refractivity contribution in [3.8, 4) is 0 Å². The minimum Gasteiger partial charge on any atom is -0.371 e. The summed E-state index contributed by atoms with van der Waals surface area (Å²) < 4.78 is 57.8. The number of ether oxygens (including phenoxy) is 1. The van der Waals surface area contributed by atoms with Crippen LogP contribution in [0.2, 0.25) is 0 Å². The first-order valence-corrected chi connectivity index (χ1v) is 9.17. The normalized spacial score (nSPS) is 19.6. The maximum absolute atomic E-state index is 13.5. The molecule has 3 N–H and O–H groups in total. The molecule has 2 heterocycles. The van der Waals surface area contributed by atoms with Crippen LogP contribution in [0.4, 0.5) is 13.2 Å². The van der Waals surface area contributed by atoms with Gasteiger partial charge in [0.2, 0.25) is 8.03 Å². The summed E-state index contributed by atoms with van der Waals surface area (Å²) in [7, 11) is -3.20. The molecular formula is C14H15F3N3O5P. The molecule has 0 radical (unpaired) electrons. The number of hydrogen-bond donors (Lipinski definition) is 3. The fraction of sp³-hybridized carbons (Fsp3) is 0.429. The molecule has 26 heavy (non-hydrogen) atoms. The molecule has 12 heteroatoms. The fourth-order valence-electron chi connectivity index (χ4n) is 2.90. The highest BCUT2D eigenvalue weighted by atomic mass is 31.1. The first-order chi connectivity index (χ1) is 12.2. The summed E-state index contributed by atoms with van der Waals surface area (Å²) in [6.07, 6.45) is -6.29. The Kier molecular flexibility index (Phi) is 5.07. The van der Waals surface area contributed by atoms with E-state index in [1.807, 2.05) is 0 Å². The summed E-state index contributed by atoms with van der Waals surface area (Å²) in [6.45, 7) is 0.845. The van der Waals surface area contributed by atoms with Gasteiger partial charge in [-0.05, 0) is 17.7 Å². The standard InChI is InChI=1S/C14H15F3N3O5P/c15-14(16,17)8-4-9-10(3-7(8)11-5-18-1-2-25-11)20(6-26(23)24)13(22)12(21)19-9/h3-4,11,18,26H,1-2,5-6H2,(H,19,21)(H,23,24). The molecule has 0 spiro atoms. The van der Waals surface area contributed by atoms with Crippen LogP contribution in [0, 0.1) is 0 Å². The van der Waals surface area contributed by atoms with Gasteiger partial charge in [-0.25, -0.2) is 0 Å². The number of hydrogen-bond acceptors (Lipinski definition) is 5. The van der Waals surface area contributed by atoms with Crippen LogP contribution in [-0.4, -0.2) is 34.1 Å². The molecule has 0 bridgehead atoms. The first kappa shape index (κ1) is 18.8. The largest absolute Gasteiger partial charge is 0.416 e. The number of alkyl halides is 3. The number of aromatic amines is 1. The van der Waals surface area contributed by atoms with Crippen LogP contribution >= 0.6 is 8.03 Å². The Labute approximate surface area is 144 Å². The molecule has 0 saturated carbocycles. The SMILES string of the molecule is O=c1[nH]c2cc(C(F)(F)F)c(C3CNCCO3)cc2n(C[PH](=O)O)c1=O. The number of aromatic nitrogens is 2. The van der Waals surface area contributed by atoms with Crippen molar-refractivity contribution < 1.29 is 27.4 Å². The van der Waals surface area contributed by atoms with Crippen LogP contribution in [0.15, 0.2) is 21.7 Å². The van der Waals surface area contributed by atoms with Gasteiger partial charge < -0.3 is 19.9 Å². The van der Waals surface area contributed by atoms with E-state index in [4.69, 9.17) is 9.63 Å². The van der Waals surface area contributed by atoms with Crippen molar-refractivity contribution in [2.24, 2.45) is 0 Å². The zero-order valence-electron chi connectivity index (χ0n) is 13.2. The second-order valence-electron chi connectivity index (χ2n) is 5.76. The topological polar surface area (TPSA) is 113 Å². The molecule has 0 aliphatic carbocycles. The van der Waals surface area contributed by atoms with Gasteiger partial charge >= 0.3 is 17.3 Å². The molecule has 1 aromatic carbocycles. The lowest BCUT2D eigenvalue weighted by atomic mass is 9.99. The van der Waals surface area contributed by atoms with Crippen LogP contribution < -0.4 is 16.4 Å². The van der Waals surface area contributed by atoms with Crippen molar-refractivity contribution in [3.05, 3.63) is 44.0 Å². The van der Waals surface area contributed by atoms with Crippen LogP contribution in [0.5, 0.6) is 0 Å². The van der Waals surface area contributed by atoms with Gasteiger partial charge in [0.25, 0.3) is 0 Å². The second-order valence-corrected chi connectivity index (χ2v) is 6.86. The predicted octanol–water partition coefficient (Wildman–Crippen LogP) is 0.794. The zero-order chi connectivity index (χ0) is 19.1. The third kappa shape index (κ3) is 3.61. The van der Waals surface area contributed by atoms with E-state index < -0.39 is 43.3 Å². The lowest BCUT2D eigenvalue weighted by Crippen LogP contribution is -2.37. The minimum atomic E-state index is -4.72. The number of H-pyrrole nitrogens is 1. The smallest absolute Gasteiger partial charge is 0.371 e. The summed E-state index contributed by atoms with van der Waals surface area (Å²) in [5.74, 6) is 0. The van der Waals surface area contributed by atoms with E-state index in [1.165, 1.54) is 0 Å². The summed E-state index contributed by atoms with van der Waals surface area (Å²) in [4.78, 5) is 35.0. The third-order valence-electron chi connectivity index (χ3n) is 4.02. The van der Waals surface area contributed by atoms with E-state index in [-0.39, 0.29) is 29.7 Å². The molecule has 1 saturated heterocycles. The molecular weight excluding hydrogens is 378 g/mol. The average molecular weight is 393 g/mol. The Morgan fingerprint density at radius 3 is 2.65 bits per heavy atom. The molecule has 8 nitrogen and oxygen atoms in total. The van der Waals surface area contributed by atoms with Crippen LogP contribution in [0.25, 0.3) is 11.0 Å². The van der Waals surface area contributed by atoms with E-state index >= 15 is 0 Å². The Balaban J connectivity index is 2.33. The van der Waals surface area contributed by atoms with Crippen LogP contribution in [0.1, 0.15) is 17.2 Å². The summed E-state index contributed by atoms with van der Waals surface area (Å²) in [5.41, 5.74) is -3.82. The van der Waals surface area contributed by atoms with E-state index in [9.17, 15) is 27.3 Å². The third-order valence-corrected chi connectivity index (χ3v) is 4.61. The fourth-order valence-corrected chi connectivity index (χ4v) is 3.49. The van der Waals surface area contributed by atoms with Gasteiger partial charge in [-0.3, -0.25) is 18.7 Å². The maximum Gasteiger partial charge on any atom is 0.416 e. The number of morpholine rings is 1. The van der Waals surface area contributed by atoms with Crippen molar-refractivity contribution in [2.45, 2.75) is 18.6 Å². The molecule has 0 amide bonds. The quantitative estimate of drug-likeness (QED) is 0.525. The van der Waals surface area contributed by atoms with E-state index in [0.717, 1.165) is 10.6 Å². The zero-order valence-corrected chi connectivity index (χ0v) is 14.2. The Morgan fingerprint density at radius 1 is 1.35 bits per heavy atom. The van der Waals surface area contributed by atoms with Gasteiger partial charge in [0, 0.05) is 13.1 Å². The van der Waals surface area contributed by atoms with Crippen molar-refractivity contribution in [2.75, 3.05) is 19.7 Å². The lowest BCUT2D eigenvalue weighted by molar-refractivity contribution is -0.139. The Hall–Kier alpha value is -1.94. The monoisotopic (exact) mass is 393 g/mol. The van der Waals surface area contributed by atoms with Gasteiger partial charge in [-0.1, -0.05) is 0 Å². The summed E-state index contributed by atoms with van der Waals surface area (Å²) in [6, 6.07) is 1.80. The molecule has 1 aromatic heterocycles. The number of fused-ring (bicyclic) bond motifs is 1. The van der Waals surface area contributed by atoms with Gasteiger partial charge in [-0.15, -0.1) is 0 Å². The van der Waals surface area contributed by atoms with E-state index in [2.05, 4.69) is 10.3 Å². The molecule has 1 aliphatic heterocycles. The molecule has 2 unspecified atom stereocenters. The number of nitrogens with zero attached hydrogens (tertiary/aromatic N) is 1. The van der Waals surface area contributed by atoms with E-state index in [0.29, 0.717) is 12.6 Å². The Bertz CT molecular complexity index is 979. The van der Waals surface area contributed by atoms with Crippen molar-refractivity contribution in [1.29, 1.82) is 0 Å². The molecule has 1 aliphatic rings. The maximum atomic E-state index is 13.5. The van der Waals surface area contributed by atoms with Gasteiger partial charge in [0.05, 0.1) is 29.3 Å². The van der Waals surface area contributed by atoms with Gasteiger partial charge in [0.15, 0.2) is 0 Å². The Morgan fingerprint density at radius 2 is 2.08 bits per heavy atom. The predicted molar refractivity (Wildman–Crippen MR) is 86.6 cm³/mol. The van der Waals surface area contributed by atoms with Crippen molar-refractivity contribution in [3.63, 3.8) is 0 Å². The average Bonchev–Trinajstić information content (AvgIpc) is 2.57. The van der Waals surface area contributed by atoms with Crippen LogP contribution in [0.3, 0.4) is 0 Å². The first-order valence-electron chi connectivity index (χ1n) is 7.60. The summed E-state index contributed by atoms with van der Waals surface area (Å²) >= 11 is 0. The second kappa shape index (κ2) is 6.99. The molecule has 142 valence electrons. The highest BCUT2D eigenvalue weighted by Gasteiger charge is 2.37. The van der Waals surface area contributed by atoms with Gasteiger partial charge in [-0.2, -0.15) is 13.2 Å². The highest BCUT2D eigenvalue weighted by molar-refractivity contribution is 7.36. The minimum absolute atomic E-state index is 0.0702. The van der Waals surface area contributed by atoms with Crippen molar-refractivity contribution >= 4 is 19.1 Å².